The normalized spacial score (nSPS) is 9.80. The molecule has 10 heavy (non-hydrogen) atoms. The molecule has 0 unspecified atom stereocenters. The Hall–Kier alpha value is -0.360. The van der Waals surface area contributed by atoms with Crippen molar-refractivity contribution < 1.29 is 19.8 Å². The first-order valence-corrected chi connectivity index (χ1v) is 4.35. The van der Waals surface area contributed by atoms with Crippen LogP contribution in [0.1, 0.15) is 0 Å². The third-order valence-corrected chi connectivity index (χ3v) is 1.77. The van der Waals surface area contributed by atoms with Crippen molar-refractivity contribution in [2.75, 3.05) is 5.75 Å². The molecule has 2 N–H and O–H groups in total. The van der Waals surface area contributed by atoms with Crippen LogP contribution in [-0.4, -0.2) is 27.9 Å². The van der Waals surface area contributed by atoms with Crippen LogP contribution in [0.3, 0.4) is 0 Å². The van der Waals surface area contributed by atoms with E-state index in [4.69, 9.17) is 10.2 Å². The minimum atomic E-state index is -1.34. The van der Waals surface area contributed by atoms with Gasteiger partial charge in [0.15, 0.2) is 5.92 Å². The summed E-state index contributed by atoms with van der Waals surface area (Å²) in [5, 5.41) is 16.5. The fourth-order valence-electron chi connectivity index (χ4n) is 0.323. The summed E-state index contributed by atoms with van der Waals surface area (Å²) in [6, 6.07) is 0. The molecule has 0 amide bonds. The second-order valence-corrected chi connectivity index (χ2v) is 2.89. The number of rotatable bonds is 4. The van der Waals surface area contributed by atoms with E-state index >= 15 is 0 Å². The van der Waals surface area contributed by atoms with Gasteiger partial charge in [-0.2, -0.15) is 0 Å². The van der Waals surface area contributed by atoms with Gasteiger partial charge >= 0.3 is 11.9 Å². The van der Waals surface area contributed by atoms with Crippen molar-refractivity contribution in [1.82, 2.24) is 0 Å². The number of hydrogen-bond donors (Lipinski definition) is 3. The molecule has 4 nitrogen and oxygen atoms in total. The Labute approximate surface area is 66.4 Å². The van der Waals surface area contributed by atoms with Crippen LogP contribution in [0.15, 0.2) is 0 Å². The van der Waals surface area contributed by atoms with E-state index in [9.17, 15) is 9.59 Å². The van der Waals surface area contributed by atoms with E-state index in [1.807, 2.05) is 0 Å². The predicted molar refractivity (Wildman–Crippen MR) is 40.2 cm³/mol. The van der Waals surface area contributed by atoms with Crippen LogP contribution in [0, 0.1) is 5.92 Å². The molecule has 0 heterocycles. The number of carboxylic acid groups (broad SMARTS) is 2. The van der Waals surface area contributed by atoms with Gasteiger partial charge < -0.3 is 10.2 Å². The molecule has 0 fully saturated rings. The van der Waals surface area contributed by atoms with Crippen molar-refractivity contribution in [2.24, 2.45) is 5.92 Å². The maximum Gasteiger partial charge on any atom is 0.318 e. The molecule has 0 rings (SSSR count). The van der Waals surface area contributed by atoms with Gasteiger partial charge in [-0.15, -0.1) is 11.7 Å². The van der Waals surface area contributed by atoms with Crippen molar-refractivity contribution in [3.63, 3.8) is 0 Å². The zero-order chi connectivity index (χ0) is 8.15. The summed E-state index contributed by atoms with van der Waals surface area (Å²) in [6.07, 6.45) is 0. The molecule has 0 aliphatic carbocycles. The Morgan fingerprint density at radius 1 is 1.40 bits per heavy atom. The van der Waals surface area contributed by atoms with Crippen LogP contribution >= 0.6 is 22.5 Å². The van der Waals surface area contributed by atoms with E-state index < -0.39 is 17.9 Å². The molecule has 0 atom stereocenters. The lowest BCUT2D eigenvalue weighted by Gasteiger charge is -2.02. The lowest BCUT2D eigenvalue weighted by molar-refractivity contribution is -0.153. The van der Waals surface area contributed by atoms with Crippen LogP contribution in [0.25, 0.3) is 0 Å². The molecular formula is C4H6O4S2. The van der Waals surface area contributed by atoms with Crippen LogP contribution in [0.2, 0.25) is 0 Å². The zero-order valence-electron chi connectivity index (χ0n) is 4.85. The maximum atomic E-state index is 10.1. The standard InChI is InChI=1S/C4H6O4S2/c5-3(6)2(1-10-9)4(7)8/h2,9H,1H2,(H,5,6)(H,7,8). The fraction of sp³-hybridized carbons (Fsp3) is 0.500. The SMILES string of the molecule is O=C(O)C(CSS)C(=O)O. The predicted octanol–water partition coefficient (Wildman–Crippen LogP) is 0.350. The largest absolute Gasteiger partial charge is 0.481 e. The summed E-state index contributed by atoms with van der Waals surface area (Å²) in [6.45, 7) is 0. The first kappa shape index (κ1) is 9.64. The average molecular weight is 182 g/mol. The molecule has 0 radical (unpaired) electrons. The van der Waals surface area contributed by atoms with Gasteiger partial charge in [0.05, 0.1) is 0 Å². The van der Waals surface area contributed by atoms with Gasteiger partial charge in [-0.3, -0.25) is 9.59 Å². The Morgan fingerprint density at radius 3 is 1.90 bits per heavy atom. The Balaban J connectivity index is 3.98. The van der Waals surface area contributed by atoms with Crippen molar-refractivity contribution in [2.45, 2.75) is 0 Å². The highest BCUT2D eigenvalue weighted by Gasteiger charge is 2.24. The quantitative estimate of drug-likeness (QED) is 0.332. The van der Waals surface area contributed by atoms with Gasteiger partial charge in [-0.1, -0.05) is 10.8 Å². The van der Waals surface area contributed by atoms with E-state index in [2.05, 4.69) is 11.7 Å². The molecule has 0 saturated carbocycles. The van der Waals surface area contributed by atoms with Crippen molar-refractivity contribution in [1.29, 1.82) is 0 Å². The Morgan fingerprint density at radius 2 is 1.80 bits per heavy atom. The molecule has 0 aliphatic heterocycles. The summed E-state index contributed by atoms with van der Waals surface area (Å²) in [5.74, 6) is -4.01. The third kappa shape index (κ3) is 2.98. The lowest BCUT2D eigenvalue weighted by atomic mass is 10.2. The lowest BCUT2D eigenvalue weighted by Crippen LogP contribution is -2.25. The molecule has 0 spiro atoms. The highest BCUT2D eigenvalue weighted by molar-refractivity contribution is 8.68. The summed E-state index contributed by atoms with van der Waals surface area (Å²) in [4.78, 5) is 20.2. The van der Waals surface area contributed by atoms with Gasteiger partial charge in [0.1, 0.15) is 0 Å². The topological polar surface area (TPSA) is 74.6 Å². The molecule has 0 aromatic carbocycles. The molecule has 0 bridgehead atoms. The number of aliphatic carboxylic acids is 2. The van der Waals surface area contributed by atoms with Gasteiger partial charge in [-0.05, 0) is 0 Å². The van der Waals surface area contributed by atoms with Gasteiger partial charge in [0, 0.05) is 5.75 Å². The summed E-state index contributed by atoms with van der Waals surface area (Å²) in [5.41, 5.74) is 0. The number of carboxylic acids is 2. The highest BCUT2D eigenvalue weighted by Crippen LogP contribution is 2.12. The molecule has 6 heteroatoms. The van der Waals surface area contributed by atoms with Crippen molar-refractivity contribution in [3.8, 4) is 0 Å². The first-order chi connectivity index (χ1) is 4.59. The van der Waals surface area contributed by atoms with E-state index in [0.29, 0.717) is 0 Å². The molecule has 0 saturated heterocycles. The number of hydrogen-bond acceptors (Lipinski definition) is 4. The fourth-order valence-corrected chi connectivity index (χ4v) is 1.20. The monoisotopic (exact) mass is 182 g/mol. The molecule has 0 aliphatic rings. The number of thiol groups is 1. The summed E-state index contributed by atoms with van der Waals surface area (Å²) >= 11 is 3.64. The highest BCUT2D eigenvalue weighted by atomic mass is 33.1. The summed E-state index contributed by atoms with van der Waals surface area (Å²) in [7, 11) is 0.899. The maximum absolute atomic E-state index is 10.1. The van der Waals surface area contributed by atoms with Crippen LogP contribution in [-0.2, 0) is 9.59 Å². The van der Waals surface area contributed by atoms with Crippen LogP contribution in [0.5, 0.6) is 0 Å². The van der Waals surface area contributed by atoms with Crippen molar-refractivity contribution >= 4 is 34.4 Å². The third-order valence-electron chi connectivity index (χ3n) is 0.837. The van der Waals surface area contributed by atoms with Crippen molar-refractivity contribution in [3.05, 3.63) is 0 Å². The Kier molecular flexibility index (Phi) is 4.29. The second kappa shape index (κ2) is 4.45. The van der Waals surface area contributed by atoms with Gasteiger partial charge in [0.25, 0.3) is 0 Å². The van der Waals surface area contributed by atoms with E-state index in [0.717, 1.165) is 10.8 Å². The molecule has 58 valence electrons. The van der Waals surface area contributed by atoms with Gasteiger partial charge in [0.2, 0.25) is 0 Å². The van der Waals surface area contributed by atoms with Crippen LogP contribution < -0.4 is 0 Å². The minimum Gasteiger partial charge on any atom is -0.481 e. The van der Waals surface area contributed by atoms with E-state index in [-0.39, 0.29) is 5.75 Å². The molecular weight excluding hydrogens is 176 g/mol. The Bertz CT molecular complexity index is 132. The number of carbonyl (C=O) groups is 2. The van der Waals surface area contributed by atoms with Crippen LogP contribution in [0.4, 0.5) is 0 Å². The van der Waals surface area contributed by atoms with E-state index in [1.165, 1.54) is 0 Å². The smallest absolute Gasteiger partial charge is 0.318 e. The zero-order valence-corrected chi connectivity index (χ0v) is 6.56. The summed E-state index contributed by atoms with van der Waals surface area (Å²) < 4.78 is 0. The first-order valence-electron chi connectivity index (χ1n) is 2.31. The average Bonchev–Trinajstić information content (AvgIpc) is 1.81. The van der Waals surface area contributed by atoms with E-state index in [1.54, 1.807) is 0 Å². The molecule has 0 aromatic heterocycles. The van der Waals surface area contributed by atoms with Gasteiger partial charge in [-0.25, -0.2) is 0 Å². The second-order valence-electron chi connectivity index (χ2n) is 1.52. The minimum absolute atomic E-state index is 0.0201. The molecule has 0 aromatic rings.